The maximum atomic E-state index is 6.01. The summed E-state index contributed by atoms with van der Waals surface area (Å²) in [5.74, 6) is 0.911. The Bertz CT molecular complexity index is 287. The molecule has 0 aromatic heterocycles. The molecule has 3 fully saturated rings. The van der Waals surface area contributed by atoms with Gasteiger partial charge in [0.05, 0.1) is 6.61 Å². The normalized spacial score (nSPS) is 32.8. The minimum atomic E-state index is 0.446. The van der Waals surface area contributed by atoms with E-state index in [9.17, 15) is 0 Å². The summed E-state index contributed by atoms with van der Waals surface area (Å²) in [6.07, 6.45) is 6.52. The highest BCUT2D eigenvalue weighted by Gasteiger charge is 2.39. The molecule has 3 rings (SSSR count). The zero-order chi connectivity index (χ0) is 13.2. The molecule has 3 aliphatic rings. The monoisotopic (exact) mass is 267 g/mol. The third kappa shape index (κ3) is 3.30. The van der Waals surface area contributed by atoms with Crippen molar-refractivity contribution in [2.75, 3.05) is 39.9 Å². The van der Waals surface area contributed by atoms with Gasteiger partial charge in [-0.25, -0.2) is 0 Å². The van der Waals surface area contributed by atoms with Crippen molar-refractivity contribution in [2.24, 2.45) is 11.7 Å². The Morgan fingerprint density at radius 2 is 1.84 bits per heavy atom. The van der Waals surface area contributed by atoms with Crippen LogP contribution in [0.15, 0.2) is 0 Å². The van der Waals surface area contributed by atoms with E-state index in [1.54, 1.807) is 0 Å². The molecule has 1 aliphatic carbocycles. The van der Waals surface area contributed by atoms with Crippen molar-refractivity contribution in [2.45, 2.75) is 50.2 Å². The van der Waals surface area contributed by atoms with Gasteiger partial charge in [0, 0.05) is 38.3 Å². The maximum Gasteiger partial charge on any atom is 0.0620 e. The second kappa shape index (κ2) is 6.08. The van der Waals surface area contributed by atoms with Gasteiger partial charge >= 0.3 is 0 Å². The summed E-state index contributed by atoms with van der Waals surface area (Å²) in [5, 5.41) is 0. The van der Waals surface area contributed by atoms with Crippen LogP contribution in [0.3, 0.4) is 0 Å². The zero-order valence-corrected chi connectivity index (χ0v) is 12.3. The first-order valence-electron chi connectivity index (χ1n) is 8.00. The minimum Gasteiger partial charge on any atom is -0.383 e. The van der Waals surface area contributed by atoms with Crippen LogP contribution in [0.25, 0.3) is 0 Å². The molecule has 0 bridgehead atoms. The Morgan fingerprint density at radius 1 is 1.11 bits per heavy atom. The summed E-state index contributed by atoms with van der Waals surface area (Å²) in [5.41, 5.74) is 6.01. The van der Waals surface area contributed by atoms with Gasteiger partial charge in [-0.05, 0) is 51.1 Å². The Hall–Kier alpha value is -0.160. The fourth-order valence-electron chi connectivity index (χ4n) is 3.84. The van der Waals surface area contributed by atoms with Crippen LogP contribution in [0.5, 0.6) is 0 Å². The van der Waals surface area contributed by atoms with E-state index in [-0.39, 0.29) is 0 Å². The number of piperidine rings is 1. The summed E-state index contributed by atoms with van der Waals surface area (Å²) in [6.45, 7) is 5.84. The number of ether oxygens (including phenoxy) is 1. The highest BCUT2D eigenvalue weighted by molar-refractivity contribution is 4.94. The topological polar surface area (TPSA) is 41.7 Å². The van der Waals surface area contributed by atoms with Crippen molar-refractivity contribution in [3.8, 4) is 0 Å². The van der Waals surface area contributed by atoms with Crippen molar-refractivity contribution >= 4 is 0 Å². The summed E-state index contributed by atoms with van der Waals surface area (Å²) < 4.78 is 5.44. The summed E-state index contributed by atoms with van der Waals surface area (Å²) >= 11 is 0. The molecule has 1 saturated carbocycles. The van der Waals surface area contributed by atoms with Gasteiger partial charge in [0.2, 0.25) is 0 Å². The molecular formula is C15H29N3O. The standard InChI is InChI=1S/C15H29N3O/c1-19-11-15(12-2-3-12)18-9-6-14(10-18)17-7-4-13(16)5-8-17/h12-15H,2-11,16H2,1H3. The molecule has 110 valence electrons. The zero-order valence-electron chi connectivity index (χ0n) is 12.3. The van der Waals surface area contributed by atoms with E-state index < -0.39 is 0 Å². The van der Waals surface area contributed by atoms with Crippen LogP contribution < -0.4 is 5.73 Å². The molecule has 2 heterocycles. The second-order valence-electron chi connectivity index (χ2n) is 6.67. The average molecular weight is 267 g/mol. The largest absolute Gasteiger partial charge is 0.383 e. The maximum absolute atomic E-state index is 6.01. The van der Waals surface area contributed by atoms with Crippen LogP contribution >= 0.6 is 0 Å². The molecule has 2 atom stereocenters. The van der Waals surface area contributed by atoms with Crippen LogP contribution in [0.4, 0.5) is 0 Å². The molecule has 0 amide bonds. The van der Waals surface area contributed by atoms with Crippen molar-refractivity contribution in [1.82, 2.24) is 9.80 Å². The van der Waals surface area contributed by atoms with E-state index in [1.165, 1.54) is 58.3 Å². The molecular weight excluding hydrogens is 238 g/mol. The van der Waals surface area contributed by atoms with Crippen molar-refractivity contribution in [3.63, 3.8) is 0 Å². The van der Waals surface area contributed by atoms with Gasteiger partial charge in [0.25, 0.3) is 0 Å². The molecule has 2 saturated heterocycles. The lowest BCUT2D eigenvalue weighted by Crippen LogP contribution is -2.47. The smallest absolute Gasteiger partial charge is 0.0620 e. The number of nitrogens with two attached hydrogens (primary N) is 1. The number of likely N-dealkylation sites (tertiary alicyclic amines) is 2. The number of methoxy groups -OCH3 is 1. The van der Waals surface area contributed by atoms with Gasteiger partial charge in [-0.15, -0.1) is 0 Å². The lowest BCUT2D eigenvalue weighted by Gasteiger charge is -2.35. The summed E-state index contributed by atoms with van der Waals surface area (Å²) in [4.78, 5) is 5.38. The molecule has 2 aliphatic heterocycles. The van der Waals surface area contributed by atoms with Crippen LogP contribution in [0, 0.1) is 5.92 Å². The van der Waals surface area contributed by atoms with Gasteiger partial charge in [-0.3, -0.25) is 9.80 Å². The molecule has 0 aromatic rings. The van der Waals surface area contributed by atoms with Gasteiger partial charge < -0.3 is 10.5 Å². The molecule has 2 unspecified atom stereocenters. The summed E-state index contributed by atoms with van der Waals surface area (Å²) in [6, 6.07) is 1.90. The highest BCUT2D eigenvalue weighted by atomic mass is 16.5. The lowest BCUT2D eigenvalue weighted by atomic mass is 10.0. The number of nitrogens with zero attached hydrogens (tertiary/aromatic N) is 2. The fourth-order valence-corrected chi connectivity index (χ4v) is 3.84. The Morgan fingerprint density at radius 3 is 2.47 bits per heavy atom. The minimum absolute atomic E-state index is 0.446. The third-order valence-electron chi connectivity index (χ3n) is 5.26. The Kier molecular flexibility index (Phi) is 4.42. The first-order valence-corrected chi connectivity index (χ1v) is 8.00. The molecule has 4 nitrogen and oxygen atoms in total. The quantitative estimate of drug-likeness (QED) is 0.804. The first-order chi connectivity index (χ1) is 9.28. The molecule has 0 aromatic carbocycles. The number of hydrogen-bond acceptors (Lipinski definition) is 4. The first kappa shape index (κ1) is 13.8. The highest BCUT2D eigenvalue weighted by Crippen LogP contribution is 2.37. The number of rotatable bonds is 5. The van der Waals surface area contributed by atoms with Gasteiger partial charge in [-0.1, -0.05) is 0 Å². The summed E-state index contributed by atoms with van der Waals surface area (Å²) in [7, 11) is 1.84. The molecule has 0 spiro atoms. The SMILES string of the molecule is COCC(C1CC1)N1CCC(N2CCC(N)CC2)C1. The predicted molar refractivity (Wildman–Crippen MR) is 77.1 cm³/mol. The Balaban J connectivity index is 1.51. The van der Waals surface area contributed by atoms with Crippen molar-refractivity contribution in [3.05, 3.63) is 0 Å². The van der Waals surface area contributed by atoms with E-state index >= 15 is 0 Å². The van der Waals surface area contributed by atoms with E-state index in [0.29, 0.717) is 12.1 Å². The van der Waals surface area contributed by atoms with Crippen LogP contribution in [-0.4, -0.2) is 67.8 Å². The molecule has 4 heteroatoms. The van der Waals surface area contributed by atoms with Crippen molar-refractivity contribution < 1.29 is 4.74 Å². The van der Waals surface area contributed by atoms with Gasteiger partial charge in [-0.2, -0.15) is 0 Å². The van der Waals surface area contributed by atoms with E-state index in [4.69, 9.17) is 10.5 Å². The molecule has 2 N–H and O–H groups in total. The van der Waals surface area contributed by atoms with E-state index in [0.717, 1.165) is 18.6 Å². The Labute approximate surface area is 117 Å². The van der Waals surface area contributed by atoms with Crippen LogP contribution in [0.2, 0.25) is 0 Å². The van der Waals surface area contributed by atoms with Gasteiger partial charge in [0.1, 0.15) is 0 Å². The fraction of sp³-hybridized carbons (Fsp3) is 1.00. The van der Waals surface area contributed by atoms with E-state index in [2.05, 4.69) is 9.80 Å². The molecule has 0 radical (unpaired) electrons. The molecule has 19 heavy (non-hydrogen) atoms. The van der Waals surface area contributed by atoms with Gasteiger partial charge in [0.15, 0.2) is 0 Å². The second-order valence-corrected chi connectivity index (χ2v) is 6.67. The van der Waals surface area contributed by atoms with Crippen molar-refractivity contribution in [1.29, 1.82) is 0 Å². The third-order valence-corrected chi connectivity index (χ3v) is 5.26. The van der Waals surface area contributed by atoms with Crippen LogP contribution in [-0.2, 0) is 4.74 Å². The predicted octanol–water partition coefficient (Wildman–Crippen LogP) is 0.909. The van der Waals surface area contributed by atoms with Crippen LogP contribution in [0.1, 0.15) is 32.1 Å². The average Bonchev–Trinajstić information content (AvgIpc) is 3.14. The van der Waals surface area contributed by atoms with E-state index in [1.807, 2.05) is 7.11 Å². The number of hydrogen-bond donors (Lipinski definition) is 1. The lowest BCUT2D eigenvalue weighted by molar-refractivity contribution is 0.0826.